The number of aromatic nitrogens is 2. The summed E-state index contributed by atoms with van der Waals surface area (Å²) in [7, 11) is 0. The van der Waals surface area contributed by atoms with Crippen LogP contribution in [-0.4, -0.2) is 53.4 Å². The fraction of sp³-hybridized carbons (Fsp3) is 0.667. The maximum Gasteiger partial charge on any atom is 0.225 e. The van der Waals surface area contributed by atoms with E-state index in [0.717, 1.165) is 38.7 Å². The first-order chi connectivity index (χ1) is 9.41. The van der Waals surface area contributed by atoms with Crippen LogP contribution in [0.3, 0.4) is 0 Å². The van der Waals surface area contributed by atoms with E-state index in [-0.39, 0.29) is 5.78 Å². The van der Waals surface area contributed by atoms with Crippen LogP contribution in [0.4, 0.5) is 5.95 Å². The predicted molar refractivity (Wildman–Crippen MR) is 80.1 cm³/mol. The van der Waals surface area contributed by atoms with E-state index in [4.69, 9.17) is 0 Å². The number of hydrogen-bond acceptors (Lipinski definition) is 5. The van der Waals surface area contributed by atoms with E-state index in [1.165, 1.54) is 0 Å². The van der Waals surface area contributed by atoms with E-state index in [9.17, 15) is 4.79 Å². The van der Waals surface area contributed by atoms with Crippen molar-refractivity contribution in [1.82, 2.24) is 14.9 Å². The Morgan fingerprint density at radius 3 is 2.15 bits per heavy atom. The number of piperazine rings is 1. The maximum absolute atomic E-state index is 12.1. The van der Waals surface area contributed by atoms with Crippen LogP contribution in [0, 0.1) is 5.41 Å². The zero-order chi connectivity index (χ0) is 14.8. The van der Waals surface area contributed by atoms with E-state index in [1.54, 1.807) is 12.4 Å². The molecule has 0 aromatic carbocycles. The molecule has 0 amide bonds. The van der Waals surface area contributed by atoms with Gasteiger partial charge in [-0.2, -0.15) is 0 Å². The lowest BCUT2D eigenvalue weighted by atomic mass is 9.88. The molecule has 2 rings (SSSR count). The molecule has 1 aliphatic heterocycles. The van der Waals surface area contributed by atoms with Crippen molar-refractivity contribution in [2.75, 3.05) is 37.6 Å². The van der Waals surface area contributed by atoms with Crippen LogP contribution in [0.5, 0.6) is 0 Å². The Balaban J connectivity index is 2.04. The average molecular weight is 276 g/mol. The Kier molecular flexibility index (Phi) is 4.38. The molecule has 20 heavy (non-hydrogen) atoms. The van der Waals surface area contributed by atoms with Gasteiger partial charge in [-0.25, -0.2) is 9.97 Å². The third kappa shape index (κ3) is 3.33. The number of carbonyl (C=O) groups excluding carboxylic acids is 1. The Morgan fingerprint density at radius 1 is 1.15 bits per heavy atom. The molecule has 0 saturated carbocycles. The lowest BCUT2D eigenvalue weighted by Gasteiger charge is -2.34. The molecule has 1 saturated heterocycles. The van der Waals surface area contributed by atoms with Gasteiger partial charge in [-0.1, -0.05) is 27.7 Å². The summed E-state index contributed by atoms with van der Waals surface area (Å²) in [5.74, 6) is 0.811. The summed E-state index contributed by atoms with van der Waals surface area (Å²) < 4.78 is 0. The molecular weight excluding hydrogens is 252 g/mol. The highest BCUT2D eigenvalue weighted by Gasteiger charge is 2.24. The van der Waals surface area contributed by atoms with Crippen LogP contribution in [0.1, 0.15) is 38.1 Å². The van der Waals surface area contributed by atoms with Crippen molar-refractivity contribution in [2.24, 2.45) is 5.41 Å². The van der Waals surface area contributed by atoms with Gasteiger partial charge in [-0.15, -0.1) is 0 Å². The minimum Gasteiger partial charge on any atom is -0.338 e. The fourth-order valence-corrected chi connectivity index (χ4v) is 2.30. The lowest BCUT2D eigenvalue weighted by molar-refractivity contribution is 0.0857. The van der Waals surface area contributed by atoms with Crippen molar-refractivity contribution in [2.45, 2.75) is 27.7 Å². The summed E-state index contributed by atoms with van der Waals surface area (Å²) in [4.78, 5) is 25.5. The molecule has 110 valence electrons. The summed E-state index contributed by atoms with van der Waals surface area (Å²) in [6, 6.07) is 0. The molecule has 1 aliphatic rings. The van der Waals surface area contributed by atoms with Gasteiger partial charge in [0.1, 0.15) is 0 Å². The molecule has 5 nitrogen and oxygen atoms in total. The SMILES string of the molecule is CCN1CCN(c2ncc(C(=O)C(C)(C)C)cn2)CC1. The molecule has 0 unspecified atom stereocenters. The van der Waals surface area contributed by atoms with Crippen LogP contribution in [0.15, 0.2) is 12.4 Å². The van der Waals surface area contributed by atoms with Gasteiger partial charge >= 0.3 is 0 Å². The molecule has 0 N–H and O–H groups in total. The molecule has 1 fully saturated rings. The quantitative estimate of drug-likeness (QED) is 0.789. The van der Waals surface area contributed by atoms with Crippen LogP contribution in [0.25, 0.3) is 0 Å². The molecule has 0 bridgehead atoms. The van der Waals surface area contributed by atoms with Crippen molar-refractivity contribution in [3.63, 3.8) is 0 Å². The second-order valence-electron chi connectivity index (χ2n) is 6.27. The topological polar surface area (TPSA) is 49.3 Å². The third-order valence-corrected chi connectivity index (χ3v) is 3.68. The zero-order valence-corrected chi connectivity index (χ0v) is 12.9. The standard InChI is InChI=1S/C15H24N4O/c1-5-18-6-8-19(9-7-18)14-16-10-12(11-17-14)13(20)15(2,3)4/h10-11H,5-9H2,1-4H3. The fourth-order valence-electron chi connectivity index (χ4n) is 2.30. The number of nitrogens with zero attached hydrogens (tertiary/aromatic N) is 4. The number of carbonyl (C=O) groups is 1. The van der Waals surface area contributed by atoms with Crippen molar-refractivity contribution in [1.29, 1.82) is 0 Å². The predicted octanol–water partition coefficient (Wildman–Crippen LogP) is 1.85. The largest absolute Gasteiger partial charge is 0.338 e. The second-order valence-corrected chi connectivity index (χ2v) is 6.27. The molecule has 0 spiro atoms. The van der Waals surface area contributed by atoms with Gasteiger partial charge in [0, 0.05) is 44.0 Å². The van der Waals surface area contributed by atoms with Crippen molar-refractivity contribution in [3.8, 4) is 0 Å². The number of likely N-dealkylation sites (N-methyl/N-ethyl adjacent to an activating group) is 1. The minimum atomic E-state index is -0.391. The summed E-state index contributed by atoms with van der Waals surface area (Å²) in [6.07, 6.45) is 3.31. The number of anilines is 1. The average Bonchev–Trinajstić information content (AvgIpc) is 2.46. The van der Waals surface area contributed by atoms with Gasteiger partial charge in [0.15, 0.2) is 5.78 Å². The van der Waals surface area contributed by atoms with Crippen LogP contribution in [0.2, 0.25) is 0 Å². The summed E-state index contributed by atoms with van der Waals surface area (Å²) in [5.41, 5.74) is 0.200. The first kappa shape index (κ1) is 14.9. The third-order valence-electron chi connectivity index (χ3n) is 3.68. The zero-order valence-electron chi connectivity index (χ0n) is 12.9. The molecule has 0 radical (unpaired) electrons. The first-order valence-corrected chi connectivity index (χ1v) is 7.26. The Labute approximate surface area is 121 Å². The monoisotopic (exact) mass is 276 g/mol. The number of hydrogen-bond donors (Lipinski definition) is 0. The maximum atomic E-state index is 12.1. The molecule has 0 aliphatic carbocycles. The van der Waals surface area contributed by atoms with Gasteiger partial charge in [-0.05, 0) is 6.54 Å². The van der Waals surface area contributed by atoms with Gasteiger partial charge in [0.25, 0.3) is 0 Å². The van der Waals surface area contributed by atoms with Crippen molar-refractivity contribution in [3.05, 3.63) is 18.0 Å². The number of Topliss-reactive ketones (excluding diaryl/α,β-unsaturated/α-hetero) is 1. The van der Waals surface area contributed by atoms with E-state index >= 15 is 0 Å². The normalized spacial score (nSPS) is 17.3. The van der Waals surface area contributed by atoms with Crippen LogP contribution >= 0.6 is 0 Å². The van der Waals surface area contributed by atoms with Crippen molar-refractivity contribution >= 4 is 11.7 Å². The van der Waals surface area contributed by atoms with Gasteiger partial charge in [0.05, 0.1) is 5.56 Å². The lowest BCUT2D eigenvalue weighted by Crippen LogP contribution is -2.46. The minimum absolute atomic E-state index is 0.0832. The Morgan fingerprint density at radius 2 is 1.70 bits per heavy atom. The molecule has 5 heteroatoms. The Bertz CT molecular complexity index is 456. The molecular formula is C15H24N4O. The van der Waals surface area contributed by atoms with E-state index in [1.807, 2.05) is 20.8 Å². The van der Waals surface area contributed by atoms with E-state index in [0.29, 0.717) is 5.56 Å². The van der Waals surface area contributed by atoms with Crippen LogP contribution < -0.4 is 4.90 Å². The smallest absolute Gasteiger partial charge is 0.225 e. The number of ketones is 1. The molecule has 2 heterocycles. The van der Waals surface area contributed by atoms with Gasteiger partial charge in [-0.3, -0.25) is 4.79 Å². The number of rotatable bonds is 3. The molecule has 0 atom stereocenters. The van der Waals surface area contributed by atoms with Crippen LogP contribution in [-0.2, 0) is 0 Å². The second kappa shape index (κ2) is 5.87. The van der Waals surface area contributed by atoms with Gasteiger partial charge < -0.3 is 9.80 Å². The highest BCUT2D eigenvalue weighted by molar-refractivity contribution is 5.99. The Hall–Kier alpha value is -1.49. The summed E-state index contributed by atoms with van der Waals surface area (Å²) in [5, 5.41) is 0. The molecule has 1 aromatic heterocycles. The van der Waals surface area contributed by atoms with E-state index in [2.05, 4.69) is 26.7 Å². The highest BCUT2D eigenvalue weighted by Crippen LogP contribution is 2.20. The first-order valence-electron chi connectivity index (χ1n) is 7.26. The molecule has 1 aromatic rings. The summed E-state index contributed by atoms with van der Waals surface area (Å²) in [6.45, 7) is 13.0. The highest BCUT2D eigenvalue weighted by atomic mass is 16.1. The van der Waals surface area contributed by atoms with Crippen molar-refractivity contribution < 1.29 is 4.79 Å². The van der Waals surface area contributed by atoms with E-state index < -0.39 is 5.41 Å². The van der Waals surface area contributed by atoms with Gasteiger partial charge in [0.2, 0.25) is 5.95 Å². The summed E-state index contributed by atoms with van der Waals surface area (Å²) >= 11 is 0.